The maximum atomic E-state index is 10.1. The molecule has 0 unspecified atom stereocenters. The third kappa shape index (κ3) is 1.19. The van der Waals surface area contributed by atoms with Crippen LogP contribution in [0.25, 0.3) is 0 Å². The van der Waals surface area contributed by atoms with Crippen molar-refractivity contribution in [1.29, 1.82) is 0 Å². The lowest BCUT2D eigenvalue weighted by molar-refractivity contribution is -0.389. The van der Waals surface area contributed by atoms with Crippen LogP contribution in [0.1, 0.15) is 5.69 Å². The molecule has 56 valence electrons. The van der Waals surface area contributed by atoms with Crippen molar-refractivity contribution >= 4 is 5.82 Å². The summed E-state index contributed by atoms with van der Waals surface area (Å²) in [4.78, 5) is 9.56. The first-order valence-electron chi connectivity index (χ1n) is 2.80. The van der Waals surface area contributed by atoms with Crippen LogP contribution in [0.5, 0.6) is 0 Å². The van der Waals surface area contributed by atoms with E-state index in [1.54, 1.807) is 7.05 Å². The Bertz CT molecular complexity index is 334. The third-order valence-electron chi connectivity index (χ3n) is 1.20. The lowest BCUT2D eigenvalue weighted by Crippen LogP contribution is -1.94. The lowest BCUT2D eigenvalue weighted by Gasteiger charge is -1.81. The normalized spacial score (nSPS) is 9.09. The van der Waals surface area contributed by atoms with Crippen molar-refractivity contribution in [2.75, 3.05) is 0 Å². The Morgan fingerprint density at radius 2 is 2.55 bits per heavy atom. The number of nitrogens with zero attached hydrogens (tertiary/aromatic N) is 3. The Labute approximate surface area is 62.8 Å². The first-order valence-corrected chi connectivity index (χ1v) is 2.80. The summed E-state index contributed by atoms with van der Waals surface area (Å²) in [6.07, 6.45) is 5.03. The number of terminal acetylenes is 1. The molecule has 0 aliphatic carbocycles. The zero-order valence-electron chi connectivity index (χ0n) is 5.81. The van der Waals surface area contributed by atoms with E-state index in [1.165, 1.54) is 10.7 Å². The van der Waals surface area contributed by atoms with Crippen LogP contribution in [0.3, 0.4) is 0 Å². The molecular formula is C6H5N3O2. The van der Waals surface area contributed by atoms with Crippen LogP contribution in [0.15, 0.2) is 6.07 Å². The quantitative estimate of drug-likeness (QED) is 0.329. The van der Waals surface area contributed by atoms with Crippen molar-refractivity contribution in [3.8, 4) is 12.3 Å². The Balaban J connectivity index is 3.18. The molecule has 0 aliphatic rings. The average molecular weight is 151 g/mol. The van der Waals surface area contributed by atoms with Gasteiger partial charge in [0.15, 0.2) is 0 Å². The molecule has 0 aromatic carbocycles. The first kappa shape index (κ1) is 7.28. The minimum absolute atomic E-state index is 0.222. The fourth-order valence-corrected chi connectivity index (χ4v) is 0.676. The monoisotopic (exact) mass is 151 g/mol. The van der Waals surface area contributed by atoms with Crippen molar-refractivity contribution in [1.82, 2.24) is 9.78 Å². The van der Waals surface area contributed by atoms with Gasteiger partial charge in [0.25, 0.3) is 0 Å². The number of hydrogen-bond acceptors (Lipinski definition) is 3. The summed E-state index contributed by atoms with van der Waals surface area (Å²) in [5.74, 6) is 2.04. The Hall–Kier alpha value is -1.83. The maximum Gasteiger partial charge on any atom is 0.391 e. The molecule has 1 aromatic rings. The molecule has 0 aliphatic heterocycles. The highest BCUT2D eigenvalue weighted by Crippen LogP contribution is 2.08. The molecule has 0 fully saturated rings. The van der Waals surface area contributed by atoms with E-state index in [9.17, 15) is 10.1 Å². The van der Waals surface area contributed by atoms with Crippen molar-refractivity contribution in [3.05, 3.63) is 21.9 Å². The smallest absolute Gasteiger partial charge is 0.358 e. The zero-order valence-corrected chi connectivity index (χ0v) is 5.81. The molecule has 0 N–H and O–H groups in total. The van der Waals surface area contributed by atoms with E-state index in [0.717, 1.165) is 0 Å². The highest BCUT2D eigenvalue weighted by Gasteiger charge is 2.13. The van der Waals surface area contributed by atoms with E-state index in [0.29, 0.717) is 5.69 Å². The summed E-state index contributed by atoms with van der Waals surface area (Å²) in [6, 6.07) is 1.25. The third-order valence-corrected chi connectivity index (χ3v) is 1.20. The lowest BCUT2D eigenvalue weighted by atomic mass is 10.4. The van der Waals surface area contributed by atoms with E-state index >= 15 is 0 Å². The number of nitro groups is 1. The summed E-state index contributed by atoms with van der Waals surface area (Å²) in [5, 5.41) is 13.7. The molecular weight excluding hydrogens is 146 g/mol. The van der Waals surface area contributed by atoms with Gasteiger partial charge in [-0.1, -0.05) is 0 Å². The highest BCUT2D eigenvalue weighted by molar-refractivity contribution is 5.32. The molecule has 0 saturated heterocycles. The van der Waals surface area contributed by atoms with Crippen molar-refractivity contribution < 1.29 is 4.92 Å². The minimum Gasteiger partial charge on any atom is -0.358 e. The van der Waals surface area contributed by atoms with E-state index in [2.05, 4.69) is 11.0 Å². The van der Waals surface area contributed by atoms with Crippen molar-refractivity contribution in [2.24, 2.45) is 7.05 Å². The van der Waals surface area contributed by atoms with Crippen LogP contribution in [0, 0.1) is 22.5 Å². The van der Waals surface area contributed by atoms with Gasteiger partial charge in [-0.2, -0.15) is 4.68 Å². The Morgan fingerprint density at radius 3 is 2.82 bits per heavy atom. The largest absolute Gasteiger partial charge is 0.391 e. The van der Waals surface area contributed by atoms with E-state index in [1.807, 2.05) is 0 Å². The fourth-order valence-electron chi connectivity index (χ4n) is 0.676. The second-order valence-corrected chi connectivity index (χ2v) is 1.91. The molecule has 11 heavy (non-hydrogen) atoms. The van der Waals surface area contributed by atoms with Gasteiger partial charge in [-0.25, -0.2) is 0 Å². The zero-order chi connectivity index (χ0) is 8.43. The van der Waals surface area contributed by atoms with Gasteiger partial charge in [0.1, 0.15) is 5.69 Å². The second-order valence-electron chi connectivity index (χ2n) is 1.91. The molecule has 5 heteroatoms. The predicted octanol–water partition coefficient (Wildman–Crippen LogP) is 0.310. The number of rotatable bonds is 1. The van der Waals surface area contributed by atoms with Gasteiger partial charge in [-0.05, 0) is 10.8 Å². The van der Waals surface area contributed by atoms with Crippen LogP contribution < -0.4 is 0 Å². The Morgan fingerprint density at radius 1 is 1.91 bits per heavy atom. The van der Waals surface area contributed by atoms with E-state index in [-0.39, 0.29) is 5.82 Å². The van der Waals surface area contributed by atoms with Crippen LogP contribution >= 0.6 is 0 Å². The topological polar surface area (TPSA) is 61.0 Å². The minimum atomic E-state index is -0.582. The van der Waals surface area contributed by atoms with Crippen LogP contribution in [-0.2, 0) is 7.05 Å². The maximum absolute atomic E-state index is 10.1. The van der Waals surface area contributed by atoms with Crippen LogP contribution in [0.4, 0.5) is 5.82 Å². The number of hydrogen-bond donors (Lipinski definition) is 0. The fraction of sp³-hybridized carbons (Fsp3) is 0.167. The van der Waals surface area contributed by atoms with Gasteiger partial charge in [-0.3, -0.25) is 0 Å². The summed E-state index contributed by atoms with van der Waals surface area (Å²) in [5.41, 5.74) is 0.400. The Kier molecular flexibility index (Phi) is 1.60. The summed E-state index contributed by atoms with van der Waals surface area (Å²) in [6.45, 7) is 0. The molecule has 5 nitrogen and oxygen atoms in total. The molecule has 0 radical (unpaired) electrons. The van der Waals surface area contributed by atoms with Crippen LogP contribution in [-0.4, -0.2) is 14.7 Å². The summed E-state index contributed by atoms with van der Waals surface area (Å²) in [7, 11) is 1.56. The van der Waals surface area contributed by atoms with Gasteiger partial charge in [0, 0.05) is 0 Å². The molecule has 0 bridgehead atoms. The number of aromatic nitrogens is 2. The molecule has 0 atom stereocenters. The van der Waals surface area contributed by atoms with E-state index in [4.69, 9.17) is 6.42 Å². The predicted molar refractivity (Wildman–Crippen MR) is 37.8 cm³/mol. The summed E-state index contributed by atoms with van der Waals surface area (Å²) >= 11 is 0. The van der Waals surface area contributed by atoms with Gasteiger partial charge in [0.2, 0.25) is 0 Å². The molecule has 0 spiro atoms. The van der Waals surface area contributed by atoms with Crippen molar-refractivity contribution in [2.45, 2.75) is 0 Å². The van der Waals surface area contributed by atoms with Gasteiger partial charge < -0.3 is 10.1 Å². The van der Waals surface area contributed by atoms with Gasteiger partial charge in [-0.15, -0.1) is 6.42 Å². The summed E-state index contributed by atoms with van der Waals surface area (Å²) < 4.78 is 1.29. The van der Waals surface area contributed by atoms with Crippen molar-refractivity contribution in [3.63, 3.8) is 0 Å². The molecule has 0 amide bonds. The second kappa shape index (κ2) is 2.42. The average Bonchev–Trinajstić information content (AvgIpc) is 2.31. The van der Waals surface area contributed by atoms with Gasteiger partial charge >= 0.3 is 5.82 Å². The van der Waals surface area contributed by atoms with Crippen LogP contribution in [0.2, 0.25) is 0 Å². The highest BCUT2D eigenvalue weighted by atomic mass is 16.6. The molecule has 1 rings (SSSR count). The SMILES string of the molecule is C#Cc1cc([N+](=O)[O-])nn1C. The van der Waals surface area contributed by atoms with E-state index < -0.39 is 4.92 Å². The standard InChI is InChI=1S/C6H5N3O2/c1-3-5-4-6(9(10)11)7-8(5)2/h1,4H,2H3. The number of aryl methyl sites for hydroxylation is 1. The molecule has 1 aromatic heterocycles. The first-order chi connectivity index (χ1) is 5.15. The molecule has 1 heterocycles. The molecule has 0 saturated carbocycles. The van der Waals surface area contributed by atoms with Gasteiger partial charge in [0.05, 0.1) is 18.2 Å².